The molecule has 1 aliphatic rings. The van der Waals surface area contributed by atoms with Crippen molar-refractivity contribution in [2.45, 2.75) is 39.3 Å². The van der Waals surface area contributed by atoms with Crippen molar-refractivity contribution in [3.8, 4) is 5.75 Å². The molecule has 0 bridgehead atoms. The number of benzene rings is 1. The van der Waals surface area contributed by atoms with Crippen LogP contribution in [-0.4, -0.2) is 25.7 Å². The summed E-state index contributed by atoms with van der Waals surface area (Å²) in [6.45, 7) is 8.02. The Bertz CT molecular complexity index is 373. The van der Waals surface area contributed by atoms with Gasteiger partial charge in [-0.1, -0.05) is 12.1 Å². The fourth-order valence-electron chi connectivity index (χ4n) is 2.46. The van der Waals surface area contributed by atoms with Crippen LogP contribution in [0.25, 0.3) is 0 Å². The molecule has 0 saturated carbocycles. The summed E-state index contributed by atoms with van der Waals surface area (Å²) in [5, 5.41) is 7.02. The van der Waals surface area contributed by atoms with Crippen molar-refractivity contribution in [1.82, 2.24) is 10.6 Å². The molecule has 2 N–H and O–H groups in total. The minimum atomic E-state index is 0.661. The molecule has 3 heteroatoms. The quantitative estimate of drug-likeness (QED) is 0.810. The zero-order valence-corrected chi connectivity index (χ0v) is 11.5. The third-order valence-corrected chi connectivity index (χ3v) is 3.42. The van der Waals surface area contributed by atoms with Crippen LogP contribution in [0.5, 0.6) is 5.75 Å². The second kappa shape index (κ2) is 6.76. The SMILES string of the molecule is CCOc1ccc(CNCC2CCCN2)cc1C. The molecular formula is C15H24N2O. The molecule has 0 amide bonds. The van der Waals surface area contributed by atoms with Crippen molar-refractivity contribution in [1.29, 1.82) is 0 Å². The molecule has 1 saturated heterocycles. The summed E-state index contributed by atoms with van der Waals surface area (Å²) in [4.78, 5) is 0. The first-order valence-electron chi connectivity index (χ1n) is 6.96. The Hall–Kier alpha value is -1.06. The van der Waals surface area contributed by atoms with Gasteiger partial charge in [-0.3, -0.25) is 0 Å². The molecule has 1 atom stereocenters. The molecule has 100 valence electrons. The number of hydrogen-bond acceptors (Lipinski definition) is 3. The van der Waals surface area contributed by atoms with Crippen LogP contribution < -0.4 is 15.4 Å². The number of hydrogen-bond donors (Lipinski definition) is 2. The second-order valence-corrected chi connectivity index (χ2v) is 4.96. The van der Waals surface area contributed by atoms with E-state index in [0.29, 0.717) is 6.04 Å². The van der Waals surface area contributed by atoms with E-state index in [-0.39, 0.29) is 0 Å². The van der Waals surface area contributed by atoms with Gasteiger partial charge < -0.3 is 15.4 Å². The molecule has 1 aromatic carbocycles. The maximum Gasteiger partial charge on any atom is 0.122 e. The fourth-order valence-corrected chi connectivity index (χ4v) is 2.46. The molecule has 2 rings (SSSR count). The van der Waals surface area contributed by atoms with Crippen molar-refractivity contribution in [2.24, 2.45) is 0 Å². The summed E-state index contributed by atoms with van der Waals surface area (Å²) in [5.74, 6) is 0.999. The number of aryl methyl sites for hydroxylation is 1. The Morgan fingerprint density at radius 1 is 1.44 bits per heavy atom. The molecule has 0 aliphatic carbocycles. The van der Waals surface area contributed by atoms with Gasteiger partial charge in [0.1, 0.15) is 5.75 Å². The lowest BCUT2D eigenvalue weighted by atomic mass is 10.1. The van der Waals surface area contributed by atoms with Gasteiger partial charge >= 0.3 is 0 Å². The van der Waals surface area contributed by atoms with Crippen LogP contribution in [0, 0.1) is 6.92 Å². The van der Waals surface area contributed by atoms with Gasteiger partial charge in [0.15, 0.2) is 0 Å². The van der Waals surface area contributed by atoms with Gasteiger partial charge in [0.05, 0.1) is 6.61 Å². The molecule has 0 radical (unpaired) electrons. The minimum absolute atomic E-state index is 0.661. The lowest BCUT2D eigenvalue weighted by molar-refractivity contribution is 0.337. The van der Waals surface area contributed by atoms with E-state index < -0.39 is 0 Å². The standard InChI is InChI=1S/C15H24N2O/c1-3-18-15-7-6-13(9-12(15)2)10-16-11-14-5-4-8-17-14/h6-7,9,14,16-17H,3-5,8,10-11H2,1-2H3. The highest BCUT2D eigenvalue weighted by Crippen LogP contribution is 2.19. The first-order chi connectivity index (χ1) is 8.79. The predicted molar refractivity (Wildman–Crippen MR) is 75.1 cm³/mol. The van der Waals surface area contributed by atoms with Crippen LogP contribution in [0.1, 0.15) is 30.9 Å². The maximum atomic E-state index is 5.55. The van der Waals surface area contributed by atoms with Crippen LogP contribution in [0.15, 0.2) is 18.2 Å². The third kappa shape index (κ3) is 3.72. The van der Waals surface area contributed by atoms with Crippen molar-refractivity contribution >= 4 is 0 Å². The van der Waals surface area contributed by atoms with E-state index in [9.17, 15) is 0 Å². The minimum Gasteiger partial charge on any atom is -0.494 e. The van der Waals surface area contributed by atoms with Gasteiger partial charge in [0, 0.05) is 19.1 Å². The second-order valence-electron chi connectivity index (χ2n) is 4.96. The summed E-state index contributed by atoms with van der Waals surface area (Å²) < 4.78 is 5.55. The van der Waals surface area contributed by atoms with E-state index in [1.54, 1.807) is 0 Å². The highest BCUT2D eigenvalue weighted by Gasteiger charge is 2.12. The van der Waals surface area contributed by atoms with Crippen LogP contribution in [0.2, 0.25) is 0 Å². The maximum absolute atomic E-state index is 5.55. The van der Waals surface area contributed by atoms with Crippen molar-refractivity contribution in [2.75, 3.05) is 19.7 Å². The molecular weight excluding hydrogens is 224 g/mol. The first-order valence-corrected chi connectivity index (χ1v) is 6.96. The molecule has 1 unspecified atom stereocenters. The highest BCUT2D eigenvalue weighted by atomic mass is 16.5. The van der Waals surface area contributed by atoms with E-state index in [4.69, 9.17) is 4.74 Å². The Morgan fingerprint density at radius 2 is 2.33 bits per heavy atom. The summed E-state index contributed by atoms with van der Waals surface area (Å²) >= 11 is 0. The number of ether oxygens (including phenoxy) is 1. The summed E-state index contributed by atoms with van der Waals surface area (Å²) in [6.07, 6.45) is 2.61. The van der Waals surface area contributed by atoms with Crippen LogP contribution in [0.3, 0.4) is 0 Å². The van der Waals surface area contributed by atoms with Crippen molar-refractivity contribution in [3.05, 3.63) is 29.3 Å². The van der Waals surface area contributed by atoms with E-state index in [1.807, 2.05) is 6.92 Å². The van der Waals surface area contributed by atoms with E-state index in [2.05, 4.69) is 35.8 Å². The molecule has 1 heterocycles. The van der Waals surface area contributed by atoms with Crippen molar-refractivity contribution in [3.63, 3.8) is 0 Å². The fraction of sp³-hybridized carbons (Fsp3) is 0.600. The summed E-state index contributed by atoms with van der Waals surface area (Å²) in [6, 6.07) is 7.09. The first kappa shape index (κ1) is 13.4. The molecule has 1 aromatic rings. The van der Waals surface area contributed by atoms with Crippen LogP contribution in [-0.2, 0) is 6.54 Å². The molecule has 0 spiro atoms. The third-order valence-electron chi connectivity index (χ3n) is 3.42. The van der Waals surface area contributed by atoms with Crippen LogP contribution >= 0.6 is 0 Å². The lowest BCUT2D eigenvalue weighted by Gasteiger charge is -2.13. The van der Waals surface area contributed by atoms with Gasteiger partial charge in [0.25, 0.3) is 0 Å². The zero-order chi connectivity index (χ0) is 12.8. The van der Waals surface area contributed by atoms with E-state index >= 15 is 0 Å². The molecule has 1 aliphatic heterocycles. The number of rotatable bonds is 6. The average molecular weight is 248 g/mol. The monoisotopic (exact) mass is 248 g/mol. The highest BCUT2D eigenvalue weighted by molar-refractivity contribution is 5.36. The number of nitrogens with one attached hydrogen (secondary N) is 2. The Morgan fingerprint density at radius 3 is 3.00 bits per heavy atom. The van der Waals surface area contributed by atoms with Gasteiger partial charge in [-0.2, -0.15) is 0 Å². The van der Waals surface area contributed by atoms with E-state index in [1.165, 1.54) is 30.5 Å². The molecule has 1 fully saturated rings. The Kier molecular flexibility index (Phi) is 5.02. The lowest BCUT2D eigenvalue weighted by Crippen LogP contribution is -2.33. The molecule has 0 aromatic heterocycles. The molecule has 3 nitrogen and oxygen atoms in total. The van der Waals surface area contributed by atoms with Crippen molar-refractivity contribution < 1.29 is 4.74 Å². The van der Waals surface area contributed by atoms with Gasteiger partial charge in [0.2, 0.25) is 0 Å². The summed E-state index contributed by atoms with van der Waals surface area (Å²) in [5.41, 5.74) is 2.55. The van der Waals surface area contributed by atoms with Crippen LogP contribution in [0.4, 0.5) is 0 Å². The van der Waals surface area contributed by atoms with Gasteiger partial charge in [-0.25, -0.2) is 0 Å². The zero-order valence-electron chi connectivity index (χ0n) is 11.5. The largest absolute Gasteiger partial charge is 0.494 e. The van der Waals surface area contributed by atoms with E-state index in [0.717, 1.165) is 25.4 Å². The Balaban J connectivity index is 1.80. The van der Waals surface area contributed by atoms with Gasteiger partial charge in [-0.15, -0.1) is 0 Å². The topological polar surface area (TPSA) is 33.3 Å². The smallest absolute Gasteiger partial charge is 0.122 e. The predicted octanol–water partition coefficient (Wildman–Crippen LogP) is 2.24. The Labute approximate surface area is 110 Å². The normalized spacial score (nSPS) is 19.1. The summed E-state index contributed by atoms with van der Waals surface area (Å²) in [7, 11) is 0. The van der Waals surface area contributed by atoms with Gasteiger partial charge in [-0.05, 0) is 50.4 Å². The average Bonchev–Trinajstić information content (AvgIpc) is 2.86. The molecule has 18 heavy (non-hydrogen) atoms.